The zero-order valence-corrected chi connectivity index (χ0v) is 19.0. The van der Waals surface area contributed by atoms with Crippen LogP contribution in [0.25, 0.3) is 5.65 Å². The molecule has 3 aromatic rings. The molecule has 0 atom stereocenters. The molecule has 0 bridgehead atoms. The van der Waals surface area contributed by atoms with E-state index in [0.29, 0.717) is 11.7 Å². The van der Waals surface area contributed by atoms with E-state index in [9.17, 15) is 4.79 Å². The number of piperidine rings is 1. The first kappa shape index (κ1) is 20.7. The molecule has 1 N–H and O–H groups in total. The second-order valence-electron chi connectivity index (χ2n) is 8.56. The van der Waals surface area contributed by atoms with Gasteiger partial charge in [0.1, 0.15) is 10.2 Å². The van der Waals surface area contributed by atoms with Crippen LogP contribution in [0.15, 0.2) is 47.5 Å². The molecule has 0 saturated carbocycles. The Morgan fingerprint density at radius 2 is 1.90 bits per heavy atom. The van der Waals surface area contributed by atoms with Crippen molar-refractivity contribution in [1.29, 1.82) is 0 Å². The zero-order valence-electron chi connectivity index (χ0n) is 17.4. The van der Waals surface area contributed by atoms with Crippen molar-refractivity contribution in [2.24, 2.45) is 0 Å². The number of nitrogens with zero attached hydrogens (tertiary/aromatic N) is 4. The van der Waals surface area contributed by atoms with E-state index in [2.05, 4.69) is 55.5 Å². The van der Waals surface area contributed by atoms with Crippen molar-refractivity contribution in [1.82, 2.24) is 19.3 Å². The van der Waals surface area contributed by atoms with Gasteiger partial charge in [0, 0.05) is 37.4 Å². The number of carbonyl (C=O) groups excluding carboxylic acids is 1. The second-order valence-corrected chi connectivity index (χ2v) is 9.37. The normalized spacial score (nSPS) is 15.4. The highest BCUT2D eigenvalue weighted by molar-refractivity contribution is 9.10. The van der Waals surface area contributed by atoms with Gasteiger partial charge >= 0.3 is 6.09 Å². The minimum atomic E-state index is -0.456. The number of carbonyl (C=O) groups is 1. The highest BCUT2D eigenvalue weighted by atomic mass is 79.9. The first-order valence-electron chi connectivity index (χ1n) is 10.1. The first-order chi connectivity index (χ1) is 14.3. The zero-order chi connectivity index (χ0) is 21.3. The number of rotatable bonds is 3. The van der Waals surface area contributed by atoms with Crippen LogP contribution in [0.1, 0.15) is 45.1 Å². The molecule has 0 spiro atoms. The maximum atomic E-state index is 12.3. The van der Waals surface area contributed by atoms with Crippen LogP contribution < -0.4 is 5.32 Å². The van der Waals surface area contributed by atoms with Crippen molar-refractivity contribution in [2.75, 3.05) is 18.4 Å². The number of halogens is 1. The highest BCUT2D eigenvalue weighted by Crippen LogP contribution is 2.30. The Morgan fingerprint density at radius 3 is 2.57 bits per heavy atom. The molecule has 3 heterocycles. The fraction of sp³-hybridized carbons (Fsp3) is 0.409. The molecule has 2 aromatic heterocycles. The Labute approximate surface area is 184 Å². The van der Waals surface area contributed by atoms with Gasteiger partial charge in [-0.25, -0.2) is 14.8 Å². The molecular weight excluding hydrogens is 446 g/mol. The van der Waals surface area contributed by atoms with Gasteiger partial charge in [-0.15, -0.1) is 0 Å². The number of likely N-dealkylation sites (tertiary alicyclic amines) is 1. The summed E-state index contributed by atoms with van der Waals surface area (Å²) in [5.41, 5.74) is 2.57. The summed E-state index contributed by atoms with van der Waals surface area (Å²) in [5, 5.41) is 3.35. The second kappa shape index (κ2) is 8.26. The topological polar surface area (TPSA) is 71.8 Å². The summed E-state index contributed by atoms with van der Waals surface area (Å²) in [5.74, 6) is 1.15. The molecule has 0 aliphatic carbocycles. The molecule has 1 fully saturated rings. The van der Waals surface area contributed by atoms with Crippen molar-refractivity contribution in [2.45, 2.75) is 45.1 Å². The van der Waals surface area contributed by atoms with Crippen LogP contribution in [0, 0.1) is 0 Å². The molecule has 1 aromatic carbocycles. The van der Waals surface area contributed by atoms with E-state index in [0.717, 1.165) is 41.9 Å². The molecular formula is C22H26BrN5O2. The smallest absolute Gasteiger partial charge is 0.410 e. The Morgan fingerprint density at radius 1 is 1.20 bits per heavy atom. The molecule has 7 nitrogen and oxygen atoms in total. The monoisotopic (exact) mass is 471 g/mol. The largest absolute Gasteiger partial charge is 0.444 e. The number of hydrogen-bond acceptors (Lipinski definition) is 5. The van der Waals surface area contributed by atoms with E-state index < -0.39 is 5.60 Å². The summed E-state index contributed by atoms with van der Waals surface area (Å²) in [4.78, 5) is 22.9. The van der Waals surface area contributed by atoms with E-state index >= 15 is 0 Å². The highest BCUT2D eigenvalue weighted by Gasteiger charge is 2.27. The number of aromatic nitrogens is 3. The summed E-state index contributed by atoms with van der Waals surface area (Å²) < 4.78 is 8.15. The average Bonchev–Trinajstić information content (AvgIpc) is 3.16. The van der Waals surface area contributed by atoms with Gasteiger partial charge in [-0.3, -0.25) is 0 Å². The van der Waals surface area contributed by atoms with Crippen LogP contribution in [0.4, 0.5) is 16.3 Å². The first-order valence-corrected chi connectivity index (χ1v) is 10.9. The molecule has 8 heteroatoms. The van der Waals surface area contributed by atoms with Gasteiger partial charge in [0.2, 0.25) is 0 Å². The number of fused-ring (bicyclic) bond motifs is 1. The van der Waals surface area contributed by atoms with Gasteiger partial charge in [-0.2, -0.15) is 0 Å². The van der Waals surface area contributed by atoms with Gasteiger partial charge in [0.15, 0.2) is 11.5 Å². The van der Waals surface area contributed by atoms with Crippen molar-refractivity contribution in [3.8, 4) is 0 Å². The van der Waals surface area contributed by atoms with Gasteiger partial charge in [0.25, 0.3) is 0 Å². The standard InChI is InChI=1S/C22H26BrN5O2/c1-22(2,3)30-21(29)27-11-8-16(9-12-27)15-4-6-17(7-5-15)25-19-20-24-10-13-28(20)14-18(23)26-19/h4-7,10,13-14,16H,8-9,11-12H2,1-3H3,(H,25,26). The average molecular weight is 472 g/mol. The van der Waals surface area contributed by atoms with Gasteiger partial charge in [0.05, 0.1) is 0 Å². The molecule has 0 unspecified atom stereocenters. The minimum Gasteiger partial charge on any atom is -0.444 e. The predicted molar refractivity (Wildman–Crippen MR) is 120 cm³/mol. The number of hydrogen-bond donors (Lipinski definition) is 1. The number of nitrogens with one attached hydrogen (secondary N) is 1. The SMILES string of the molecule is CC(C)(C)OC(=O)N1CCC(c2ccc(Nc3nc(Br)cn4ccnc34)cc2)CC1. The maximum absolute atomic E-state index is 12.3. The summed E-state index contributed by atoms with van der Waals surface area (Å²) in [6.07, 6.45) is 7.18. The summed E-state index contributed by atoms with van der Waals surface area (Å²) in [6.45, 7) is 7.14. The Bertz CT molecular complexity index is 1030. The third-order valence-corrected chi connectivity index (χ3v) is 5.52. The number of anilines is 2. The van der Waals surface area contributed by atoms with Crippen LogP contribution in [-0.2, 0) is 4.74 Å². The number of benzene rings is 1. The van der Waals surface area contributed by atoms with E-state index in [1.807, 2.05) is 42.5 Å². The third-order valence-electron chi connectivity index (χ3n) is 5.14. The van der Waals surface area contributed by atoms with Crippen LogP contribution >= 0.6 is 15.9 Å². The Hall–Kier alpha value is -2.61. The summed E-state index contributed by atoms with van der Waals surface area (Å²) >= 11 is 3.44. The summed E-state index contributed by atoms with van der Waals surface area (Å²) in [7, 11) is 0. The van der Waals surface area contributed by atoms with E-state index in [4.69, 9.17) is 4.74 Å². The number of imidazole rings is 1. The fourth-order valence-electron chi connectivity index (χ4n) is 3.68. The molecule has 1 aliphatic rings. The molecule has 1 amide bonds. The van der Waals surface area contributed by atoms with Gasteiger partial charge in [-0.1, -0.05) is 12.1 Å². The lowest BCUT2D eigenvalue weighted by Crippen LogP contribution is -2.41. The lowest BCUT2D eigenvalue weighted by Gasteiger charge is -2.33. The Balaban J connectivity index is 1.39. The van der Waals surface area contributed by atoms with Gasteiger partial charge in [-0.05, 0) is 73.2 Å². The van der Waals surface area contributed by atoms with Crippen LogP contribution in [0.3, 0.4) is 0 Å². The lowest BCUT2D eigenvalue weighted by molar-refractivity contribution is 0.0205. The van der Waals surface area contributed by atoms with Crippen molar-refractivity contribution in [3.63, 3.8) is 0 Å². The van der Waals surface area contributed by atoms with Gasteiger partial charge < -0.3 is 19.4 Å². The van der Waals surface area contributed by atoms with Crippen LogP contribution in [0.5, 0.6) is 0 Å². The third kappa shape index (κ3) is 4.75. The van der Waals surface area contributed by atoms with Crippen molar-refractivity contribution in [3.05, 3.63) is 53.0 Å². The summed E-state index contributed by atoms with van der Waals surface area (Å²) in [6, 6.07) is 8.43. The molecule has 1 saturated heterocycles. The lowest BCUT2D eigenvalue weighted by atomic mass is 9.89. The van der Waals surface area contributed by atoms with Crippen LogP contribution in [0.2, 0.25) is 0 Å². The van der Waals surface area contributed by atoms with Crippen molar-refractivity contribution >= 4 is 39.2 Å². The number of ether oxygens (including phenoxy) is 1. The fourth-order valence-corrected chi connectivity index (χ4v) is 4.08. The molecule has 0 radical (unpaired) electrons. The quantitative estimate of drug-likeness (QED) is 0.557. The molecule has 158 valence electrons. The van der Waals surface area contributed by atoms with E-state index in [-0.39, 0.29) is 6.09 Å². The Kier molecular flexibility index (Phi) is 5.69. The van der Waals surface area contributed by atoms with E-state index in [1.54, 1.807) is 6.20 Å². The maximum Gasteiger partial charge on any atom is 0.410 e. The minimum absolute atomic E-state index is 0.215. The predicted octanol–water partition coefficient (Wildman–Crippen LogP) is 5.35. The van der Waals surface area contributed by atoms with Crippen LogP contribution in [-0.4, -0.2) is 44.1 Å². The van der Waals surface area contributed by atoms with E-state index in [1.165, 1.54) is 5.56 Å². The molecule has 30 heavy (non-hydrogen) atoms. The number of amides is 1. The van der Waals surface area contributed by atoms with Crippen molar-refractivity contribution < 1.29 is 9.53 Å². The molecule has 4 rings (SSSR count). The molecule has 1 aliphatic heterocycles.